The Balaban J connectivity index is 1.70. The van der Waals surface area contributed by atoms with Crippen molar-refractivity contribution in [2.24, 2.45) is 0 Å². The van der Waals surface area contributed by atoms with Crippen LogP contribution in [-0.2, 0) is 24.3 Å². The van der Waals surface area contributed by atoms with E-state index in [9.17, 15) is 22.4 Å². The van der Waals surface area contributed by atoms with Crippen LogP contribution in [0.15, 0.2) is 47.6 Å². The van der Waals surface area contributed by atoms with E-state index in [1.807, 2.05) is 0 Å². The number of rotatable bonds is 6. The number of carbonyl (C=O) groups is 2. The number of amides is 1. The summed E-state index contributed by atoms with van der Waals surface area (Å²) in [4.78, 5) is 31.9. The largest absolute Gasteiger partial charge is 0.451 e. The van der Waals surface area contributed by atoms with Gasteiger partial charge in [-0.3, -0.25) is 14.9 Å². The molecule has 0 unspecified atom stereocenters. The van der Waals surface area contributed by atoms with E-state index in [4.69, 9.17) is 4.74 Å². The highest BCUT2D eigenvalue weighted by Gasteiger charge is 2.42. The van der Waals surface area contributed by atoms with Gasteiger partial charge in [0.2, 0.25) is 16.0 Å². The third kappa shape index (κ3) is 4.57. The molecule has 1 N–H and O–H groups in total. The molecule has 2 aromatic rings. The SMILES string of the molecule is C[C@H](OC(=O)[C@H]1CCCN1S(=O)(=O)c1ccccc1F)C(=O)Nc1ncccn1. The Kier molecular flexibility index (Phi) is 6.18. The summed E-state index contributed by atoms with van der Waals surface area (Å²) in [6.45, 7) is 1.40. The first-order valence-corrected chi connectivity index (χ1v) is 10.3. The van der Waals surface area contributed by atoms with Gasteiger partial charge in [0.1, 0.15) is 16.8 Å². The highest BCUT2D eigenvalue weighted by Crippen LogP contribution is 2.28. The van der Waals surface area contributed by atoms with Crippen LogP contribution in [0.4, 0.5) is 10.3 Å². The summed E-state index contributed by atoms with van der Waals surface area (Å²) in [5, 5.41) is 2.39. The molecular weight excluding hydrogens is 403 g/mol. The molecular formula is C18H19FN4O5S. The zero-order chi connectivity index (χ0) is 21.0. The summed E-state index contributed by atoms with van der Waals surface area (Å²) in [6, 6.07) is 5.39. The van der Waals surface area contributed by atoms with Crippen molar-refractivity contribution in [1.82, 2.24) is 14.3 Å². The summed E-state index contributed by atoms with van der Waals surface area (Å²) in [7, 11) is -4.23. The van der Waals surface area contributed by atoms with Gasteiger partial charge in [-0.05, 0) is 38.0 Å². The zero-order valence-electron chi connectivity index (χ0n) is 15.5. The first-order valence-electron chi connectivity index (χ1n) is 8.85. The lowest BCUT2D eigenvalue weighted by molar-refractivity contribution is -0.156. The number of sulfonamides is 1. The quantitative estimate of drug-likeness (QED) is 0.698. The molecule has 11 heteroatoms. The first kappa shape index (κ1) is 20.8. The monoisotopic (exact) mass is 422 g/mol. The van der Waals surface area contributed by atoms with E-state index in [1.165, 1.54) is 31.5 Å². The predicted octanol–water partition coefficient (Wildman–Crippen LogP) is 1.34. The van der Waals surface area contributed by atoms with Crippen molar-refractivity contribution in [3.05, 3.63) is 48.5 Å². The molecule has 0 bridgehead atoms. The van der Waals surface area contributed by atoms with E-state index in [0.717, 1.165) is 16.4 Å². The van der Waals surface area contributed by atoms with Gasteiger partial charge in [-0.15, -0.1) is 0 Å². The zero-order valence-corrected chi connectivity index (χ0v) is 16.3. The van der Waals surface area contributed by atoms with Crippen LogP contribution in [0.5, 0.6) is 0 Å². The van der Waals surface area contributed by atoms with E-state index in [0.29, 0.717) is 6.42 Å². The fourth-order valence-corrected chi connectivity index (χ4v) is 4.64. The van der Waals surface area contributed by atoms with Crippen molar-refractivity contribution >= 4 is 27.8 Å². The Labute approximate surface area is 167 Å². The molecule has 1 aliphatic heterocycles. The third-order valence-corrected chi connectivity index (χ3v) is 6.30. The highest BCUT2D eigenvalue weighted by molar-refractivity contribution is 7.89. The number of carbonyl (C=O) groups excluding carboxylic acids is 2. The van der Waals surface area contributed by atoms with Gasteiger partial charge in [-0.1, -0.05) is 12.1 Å². The lowest BCUT2D eigenvalue weighted by Crippen LogP contribution is -2.43. The number of hydrogen-bond donors (Lipinski definition) is 1. The average molecular weight is 422 g/mol. The Morgan fingerprint density at radius 3 is 2.62 bits per heavy atom. The van der Waals surface area contributed by atoms with E-state index < -0.39 is 44.8 Å². The molecule has 0 aliphatic carbocycles. The topological polar surface area (TPSA) is 119 Å². The molecule has 1 saturated heterocycles. The molecule has 1 aromatic heterocycles. The number of ether oxygens (including phenoxy) is 1. The van der Waals surface area contributed by atoms with Gasteiger partial charge in [-0.2, -0.15) is 4.31 Å². The van der Waals surface area contributed by atoms with Gasteiger partial charge in [0.05, 0.1) is 0 Å². The standard InChI is InChI=1S/C18H19FN4O5S/c1-12(16(24)22-18-20-9-5-10-21-18)28-17(25)14-7-4-11-23(14)29(26,27)15-8-3-2-6-13(15)19/h2-3,5-6,8-10,12,14H,4,7,11H2,1H3,(H,20,21,22,24)/t12-,14+/m0/s1. The fourth-order valence-electron chi connectivity index (χ4n) is 2.93. The lowest BCUT2D eigenvalue weighted by atomic mass is 10.2. The van der Waals surface area contributed by atoms with Crippen LogP contribution in [0.25, 0.3) is 0 Å². The van der Waals surface area contributed by atoms with Crippen LogP contribution in [-0.4, -0.2) is 53.3 Å². The molecule has 9 nitrogen and oxygen atoms in total. The third-order valence-electron chi connectivity index (χ3n) is 4.36. The average Bonchev–Trinajstić information content (AvgIpc) is 3.20. The number of hydrogen-bond acceptors (Lipinski definition) is 7. The van der Waals surface area contributed by atoms with E-state index >= 15 is 0 Å². The van der Waals surface area contributed by atoms with Crippen LogP contribution in [0.2, 0.25) is 0 Å². The van der Waals surface area contributed by atoms with Gasteiger partial charge in [0.25, 0.3) is 5.91 Å². The van der Waals surface area contributed by atoms with E-state index in [2.05, 4.69) is 15.3 Å². The Morgan fingerprint density at radius 1 is 1.24 bits per heavy atom. The molecule has 2 atom stereocenters. The molecule has 3 rings (SSSR count). The van der Waals surface area contributed by atoms with Crippen molar-refractivity contribution in [3.63, 3.8) is 0 Å². The summed E-state index contributed by atoms with van der Waals surface area (Å²) < 4.78 is 45.7. The molecule has 1 amide bonds. The molecule has 1 fully saturated rings. The maximum atomic E-state index is 14.0. The number of halogens is 1. The van der Waals surface area contributed by atoms with Gasteiger partial charge in [0, 0.05) is 18.9 Å². The van der Waals surface area contributed by atoms with Crippen LogP contribution in [0.1, 0.15) is 19.8 Å². The van der Waals surface area contributed by atoms with Crippen LogP contribution < -0.4 is 5.32 Å². The number of nitrogens with zero attached hydrogens (tertiary/aromatic N) is 3. The van der Waals surface area contributed by atoms with Crippen molar-refractivity contribution in [2.45, 2.75) is 36.8 Å². The van der Waals surface area contributed by atoms with E-state index in [1.54, 1.807) is 6.07 Å². The number of anilines is 1. The van der Waals surface area contributed by atoms with Crippen molar-refractivity contribution in [1.29, 1.82) is 0 Å². The minimum Gasteiger partial charge on any atom is -0.451 e. The van der Waals surface area contributed by atoms with Crippen LogP contribution in [0.3, 0.4) is 0 Å². The van der Waals surface area contributed by atoms with E-state index in [-0.39, 0.29) is 18.9 Å². The van der Waals surface area contributed by atoms with Crippen molar-refractivity contribution in [2.75, 3.05) is 11.9 Å². The molecule has 154 valence electrons. The van der Waals surface area contributed by atoms with Crippen LogP contribution in [0, 0.1) is 5.82 Å². The molecule has 1 aliphatic rings. The Hall–Kier alpha value is -2.92. The molecule has 0 radical (unpaired) electrons. The first-order chi connectivity index (χ1) is 13.8. The minimum atomic E-state index is -4.23. The Bertz CT molecular complexity index is 1000. The number of esters is 1. The lowest BCUT2D eigenvalue weighted by Gasteiger charge is -2.24. The molecule has 29 heavy (non-hydrogen) atoms. The van der Waals surface area contributed by atoms with Gasteiger partial charge < -0.3 is 4.74 Å². The van der Waals surface area contributed by atoms with Crippen molar-refractivity contribution < 1.29 is 27.1 Å². The summed E-state index contributed by atoms with van der Waals surface area (Å²) in [5.74, 6) is -2.39. The summed E-state index contributed by atoms with van der Waals surface area (Å²) in [5.41, 5.74) is 0. The van der Waals surface area contributed by atoms with Crippen LogP contribution >= 0.6 is 0 Å². The second-order valence-corrected chi connectivity index (χ2v) is 8.20. The maximum absolute atomic E-state index is 14.0. The predicted molar refractivity (Wildman–Crippen MR) is 99.5 cm³/mol. The molecule has 0 saturated carbocycles. The molecule has 1 aromatic carbocycles. The smallest absolute Gasteiger partial charge is 0.325 e. The summed E-state index contributed by atoms with van der Waals surface area (Å²) >= 11 is 0. The minimum absolute atomic E-state index is 0.0463. The van der Waals surface area contributed by atoms with Gasteiger partial charge >= 0.3 is 5.97 Å². The second-order valence-electron chi connectivity index (χ2n) is 6.34. The maximum Gasteiger partial charge on any atom is 0.325 e. The van der Waals surface area contributed by atoms with Gasteiger partial charge in [-0.25, -0.2) is 22.8 Å². The number of benzene rings is 1. The summed E-state index contributed by atoms with van der Waals surface area (Å²) in [6.07, 6.45) is 2.28. The highest BCUT2D eigenvalue weighted by atomic mass is 32.2. The Morgan fingerprint density at radius 2 is 1.93 bits per heavy atom. The normalized spacial score (nSPS) is 18.2. The number of nitrogens with one attached hydrogen (secondary N) is 1. The van der Waals surface area contributed by atoms with Gasteiger partial charge in [0.15, 0.2) is 6.10 Å². The fraction of sp³-hybridized carbons (Fsp3) is 0.333. The number of aromatic nitrogens is 2. The molecule has 2 heterocycles. The second kappa shape index (κ2) is 8.62. The van der Waals surface area contributed by atoms with Crippen molar-refractivity contribution in [3.8, 4) is 0 Å². The molecule has 0 spiro atoms.